The van der Waals surface area contributed by atoms with Crippen molar-refractivity contribution < 1.29 is 9.53 Å². The van der Waals surface area contributed by atoms with E-state index < -0.39 is 0 Å². The highest BCUT2D eigenvalue weighted by molar-refractivity contribution is 5.78. The van der Waals surface area contributed by atoms with Crippen molar-refractivity contribution in [3.05, 3.63) is 29.8 Å². The lowest BCUT2D eigenvalue weighted by atomic mass is 10.1. The maximum atomic E-state index is 12.2. The summed E-state index contributed by atoms with van der Waals surface area (Å²) in [6, 6.07) is 8.17. The number of rotatable bonds is 4. The van der Waals surface area contributed by atoms with E-state index in [1.54, 1.807) is 0 Å². The van der Waals surface area contributed by atoms with Gasteiger partial charge in [-0.15, -0.1) is 0 Å². The first-order valence-corrected chi connectivity index (χ1v) is 7.64. The average Bonchev–Trinajstić information content (AvgIpc) is 2.90. The number of nitrogens with one attached hydrogen (secondary N) is 1. The van der Waals surface area contributed by atoms with Gasteiger partial charge in [0, 0.05) is 39.1 Å². The Labute approximate surface area is 125 Å². The predicted octanol–water partition coefficient (Wildman–Crippen LogP) is 0.354. The summed E-state index contributed by atoms with van der Waals surface area (Å²) in [5.41, 5.74) is 1.27. The first-order valence-electron chi connectivity index (χ1n) is 7.64. The van der Waals surface area contributed by atoms with Crippen molar-refractivity contribution in [3.63, 3.8) is 0 Å². The van der Waals surface area contributed by atoms with Gasteiger partial charge in [0.25, 0.3) is 0 Å². The van der Waals surface area contributed by atoms with Crippen LogP contribution in [0.25, 0.3) is 0 Å². The summed E-state index contributed by atoms with van der Waals surface area (Å²) in [7, 11) is 1.99. The summed E-state index contributed by atoms with van der Waals surface area (Å²) in [6.07, 6.45) is 1.09. The molecule has 3 rings (SSSR count). The lowest BCUT2D eigenvalue weighted by Crippen LogP contribution is -2.49. The minimum absolute atomic E-state index is 0.156. The molecule has 2 aliphatic rings. The Balaban J connectivity index is 1.47. The van der Waals surface area contributed by atoms with Crippen molar-refractivity contribution in [2.24, 2.45) is 0 Å². The standard InChI is InChI=1S/C16H23N3O2/c1-18(12-16(20)19-8-6-17-7-9-19)11-14-10-13-4-2-3-5-15(13)21-14/h2-5,14,17H,6-12H2,1H3. The number of para-hydroxylation sites is 1. The molecule has 0 aliphatic carbocycles. The summed E-state index contributed by atoms with van der Waals surface area (Å²) in [4.78, 5) is 16.2. The molecule has 5 nitrogen and oxygen atoms in total. The summed E-state index contributed by atoms with van der Waals surface area (Å²) >= 11 is 0. The number of likely N-dealkylation sites (N-methyl/N-ethyl adjacent to an activating group) is 1. The summed E-state index contributed by atoms with van der Waals surface area (Å²) in [5, 5.41) is 3.26. The Morgan fingerprint density at radius 3 is 2.90 bits per heavy atom. The molecule has 21 heavy (non-hydrogen) atoms. The second-order valence-corrected chi connectivity index (χ2v) is 5.88. The van der Waals surface area contributed by atoms with Crippen molar-refractivity contribution in [2.75, 3.05) is 46.3 Å². The molecule has 5 heteroatoms. The molecule has 0 bridgehead atoms. The predicted molar refractivity (Wildman–Crippen MR) is 81.5 cm³/mol. The van der Waals surface area contributed by atoms with Gasteiger partial charge in [-0.05, 0) is 18.7 Å². The van der Waals surface area contributed by atoms with E-state index in [9.17, 15) is 4.79 Å². The Morgan fingerprint density at radius 1 is 1.38 bits per heavy atom. The van der Waals surface area contributed by atoms with E-state index in [-0.39, 0.29) is 12.0 Å². The number of hydrogen-bond acceptors (Lipinski definition) is 4. The molecule has 1 amide bonds. The van der Waals surface area contributed by atoms with Gasteiger partial charge in [0.05, 0.1) is 6.54 Å². The van der Waals surface area contributed by atoms with Crippen LogP contribution in [0, 0.1) is 0 Å². The van der Waals surface area contributed by atoms with E-state index >= 15 is 0 Å². The number of nitrogens with zero attached hydrogens (tertiary/aromatic N) is 2. The second-order valence-electron chi connectivity index (χ2n) is 5.88. The summed E-state index contributed by atoms with van der Waals surface area (Å²) < 4.78 is 5.93. The molecule has 0 spiro atoms. The van der Waals surface area contributed by atoms with E-state index in [4.69, 9.17) is 4.74 Å². The largest absolute Gasteiger partial charge is 0.488 e. The van der Waals surface area contributed by atoms with Crippen LogP contribution in [-0.4, -0.2) is 68.1 Å². The van der Waals surface area contributed by atoms with Crippen LogP contribution in [0.4, 0.5) is 0 Å². The number of amides is 1. The van der Waals surface area contributed by atoms with Crippen LogP contribution < -0.4 is 10.1 Å². The molecule has 114 valence electrons. The van der Waals surface area contributed by atoms with Crippen LogP contribution in [0.2, 0.25) is 0 Å². The number of fused-ring (bicyclic) bond motifs is 1. The fourth-order valence-electron chi connectivity index (χ4n) is 3.01. The number of piperazine rings is 1. The van der Waals surface area contributed by atoms with E-state index in [2.05, 4.69) is 16.3 Å². The zero-order valence-corrected chi connectivity index (χ0v) is 12.5. The van der Waals surface area contributed by atoms with E-state index in [1.165, 1.54) is 5.56 Å². The number of carbonyl (C=O) groups excluding carboxylic acids is 1. The number of ether oxygens (including phenoxy) is 1. The van der Waals surface area contributed by atoms with Crippen LogP contribution >= 0.6 is 0 Å². The summed E-state index contributed by atoms with van der Waals surface area (Å²) in [5.74, 6) is 1.21. The molecule has 2 aliphatic heterocycles. The molecule has 1 unspecified atom stereocenters. The second kappa shape index (κ2) is 6.45. The lowest BCUT2D eigenvalue weighted by Gasteiger charge is -2.29. The molecule has 1 N–H and O–H groups in total. The molecular formula is C16H23N3O2. The van der Waals surface area contributed by atoms with Gasteiger partial charge in [-0.3, -0.25) is 9.69 Å². The first-order chi connectivity index (χ1) is 10.2. The van der Waals surface area contributed by atoms with Gasteiger partial charge in [0.1, 0.15) is 11.9 Å². The van der Waals surface area contributed by atoms with Crippen LogP contribution in [0.15, 0.2) is 24.3 Å². The van der Waals surface area contributed by atoms with Gasteiger partial charge in [-0.25, -0.2) is 0 Å². The Hall–Kier alpha value is -1.59. The third kappa shape index (κ3) is 3.54. The van der Waals surface area contributed by atoms with E-state index in [0.29, 0.717) is 6.54 Å². The average molecular weight is 289 g/mol. The Bertz CT molecular complexity index is 475. The number of benzene rings is 1. The molecule has 1 aromatic carbocycles. The quantitative estimate of drug-likeness (QED) is 0.869. The highest BCUT2D eigenvalue weighted by atomic mass is 16.5. The smallest absolute Gasteiger partial charge is 0.236 e. The number of carbonyl (C=O) groups is 1. The van der Waals surface area contributed by atoms with E-state index in [1.807, 2.05) is 30.1 Å². The van der Waals surface area contributed by atoms with Crippen LogP contribution in [-0.2, 0) is 11.2 Å². The van der Waals surface area contributed by atoms with Gasteiger partial charge in [0.15, 0.2) is 0 Å². The van der Waals surface area contributed by atoms with Crippen LogP contribution in [0.5, 0.6) is 5.75 Å². The lowest BCUT2D eigenvalue weighted by molar-refractivity contribution is -0.132. The molecule has 1 saturated heterocycles. The third-order valence-electron chi connectivity index (χ3n) is 4.10. The Morgan fingerprint density at radius 2 is 2.14 bits per heavy atom. The van der Waals surface area contributed by atoms with Crippen molar-refractivity contribution in [1.82, 2.24) is 15.1 Å². The van der Waals surface area contributed by atoms with Crippen molar-refractivity contribution >= 4 is 5.91 Å². The van der Waals surface area contributed by atoms with Gasteiger partial charge < -0.3 is 15.0 Å². The maximum Gasteiger partial charge on any atom is 0.236 e. The van der Waals surface area contributed by atoms with Gasteiger partial charge in [-0.1, -0.05) is 18.2 Å². The minimum Gasteiger partial charge on any atom is -0.488 e. The molecule has 2 heterocycles. The molecule has 0 aromatic heterocycles. The molecular weight excluding hydrogens is 266 g/mol. The molecule has 0 radical (unpaired) electrons. The maximum absolute atomic E-state index is 12.2. The van der Waals surface area contributed by atoms with Crippen molar-refractivity contribution in [3.8, 4) is 5.75 Å². The van der Waals surface area contributed by atoms with Crippen molar-refractivity contribution in [2.45, 2.75) is 12.5 Å². The SMILES string of the molecule is CN(CC(=O)N1CCNCC1)CC1Cc2ccccc2O1. The van der Waals surface area contributed by atoms with Gasteiger partial charge >= 0.3 is 0 Å². The highest BCUT2D eigenvalue weighted by Gasteiger charge is 2.25. The molecule has 1 atom stereocenters. The van der Waals surface area contributed by atoms with E-state index in [0.717, 1.165) is 44.9 Å². The summed E-state index contributed by atoms with van der Waals surface area (Å²) in [6.45, 7) is 4.69. The van der Waals surface area contributed by atoms with Crippen LogP contribution in [0.1, 0.15) is 5.56 Å². The first kappa shape index (κ1) is 14.4. The topological polar surface area (TPSA) is 44.8 Å². The van der Waals surface area contributed by atoms with Gasteiger partial charge in [0.2, 0.25) is 5.91 Å². The Kier molecular flexibility index (Phi) is 4.41. The zero-order chi connectivity index (χ0) is 14.7. The normalized spacial score (nSPS) is 21.2. The zero-order valence-electron chi connectivity index (χ0n) is 12.5. The monoisotopic (exact) mass is 289 g/mol. The number of hydrogen-bond donors (Lipinski definition) is 1. The molecule has 1 fully saturated rings. The minimum atomic E-state index is 0.156. The fraction of sp³-hybridized carbons (Fsp3) is 0.562. The fourth-order valence-corrected chi connectivity index (χ4v) is 3.01. The third-order valence-corrected chi connectivity index (χ3v) is 4.10. The van der Waals surface area contributed by atoms with Crippen molar-refractivity contribution in [1.29, 1.82) is 0 Å². The van der Waals surface area contributed by atoms with Crippen LogP contribution in [0.3, 0.4) is 0 Å². The highest BCUT2D eigenvalue weighted by Crippen LogP contribution is 2.28. The van der Waals surface area contributed by atoms with Gasteiger partial charge in [-0.2, -0.15) is 0 Å². The molecule has 1 aromatic rings. The molecule has 0 saturated carbocycles.